The predicted molar refractivity (Wildman–Crippen MR) is 72.3 cm³/mol. The number of carbonyl (C=O) groups is 1. The van der Waals surface area contributed by atoms with Crippen LogP contribution in [0.25, 0.3) is 0 Å². The van der Waals surface area contributed by atoms with Crippen LogP contribution in [0.5, 0.6) is 0 Å². The van der Waals surface area contributed by atoms with Gasteiger partial charge in [-0.1, -0.05) is 26.8 Å². The van der Waals surface area contributed by atoms with Crippen molar-refractivity contribution in [1.29, 1.82) is 0 Å². The second kappa shape index (κ2) is 6.93. The molecular weight excluding hydrogens is 228 g/mol. The number of carboxylic acid groups (broad SMARTS) is 1. The van der Waals surface area contributed by atoms with Gasteiger partial charge in [0.1, 0.15) is 0 Å². The van der Waals surface area contributed by atoms with E-state index in [1.165, 1.54) is 6.42 Å². The Balaban J connectivity index is 2.56. The average Bonchev–Trinajstić information content (AvgIpc) is 2.27. The summed E-state index contributed by atoms with van der Waals surface area (Å²) in [6.45, 7) is 8.04. The molecule has 1 aliphatic rings. The molecule has 3 unspecified atom stereocenters. The van der Waals surface area contributed by atoms with Gasteiger partial charge in [0, 0.05) is 5.57 Å². The Labute approximate surface area is 110 Å². The lowest BCUT2D eigenvalue weighted by atomic mass is 9.72. The first-order chi connectivity index (χ1) is 8.40. The highest BCUT2D eigenvalue weighted by Gasteiger charge is 2.30. The molecule has 3 atom stereocenters. The van der Waals surface area contributed by atoms with E-state index >= 15 is 0 Å². The molecular formula is C15H26O3. The summed E-state index contributed by atoms with van der Waals surface area (Å²) in [5, 5.41) is 18.7. The van der Waals surface area contributed by atoms with Crippen molar-refractivity contribution in [2.24, 2.45) is 17.8 Å². The first-order valence-corrected chi connectivity index (χ1v) is 6.99. The third kappa shape index (κ3) is 4.81. The van der Waals surface area contributed by atoms with Crippen LogP contribution in [-0.2, 0) is 4.79 Å². The number of aliphatic hydroxyl groups is 1. The van der Waals surface area contributed by atoms with Crippen LogP contribution in [0.15, 0.2) is 12.2 Å². The average molecular weight is 254 g/mol. The van der Waals surface area contributed by atoms with Gasteiger partial charge in [-0.3, -0.25) is 0 Å². The molecule has 2 N–H and O–H groups in total. The van der Waals surface area contributed by atoms with Crippen molar-refractivity contribution in [2.75, 3.05) is 0 Å². The summed E-state index contributed by atoms with van der Waals surface area (Å²) in [6.07, 6.45) is 5.19. The Kier molecular flexibility index (Phi) is 5.86. The molecule has 0 saturated heterocycles. The van der Waals surface area contributed by atoms with Crippen LogP contribution in [0, 0.1) is 17.8 Å². The molecule has 3 nitrogen and oxygen atoms in total. The van der Waals surface area contributed by atoms with E-state index in [4.69, 9.17) is 5.11 Å². The van der Waals surface area contributed by atoms with E-state index in [-0.39, 0.29) is 17.6 Å². The summed E-state index contributed by atoms with van der Waals surface area (Å²) in [6, 6.07) is 0. The third-order valence-electron chi connectivity index (χ3n) is 4.04. The van der Waals surface area contributed by atoms with Gasteiger partial charge in [-0.05, 0) is 49.9 Å². The van der Waals surface area contributed by atoms with E-state index in [0.29, 0.717) is 18.3 Å². The Hall–Kier alpha value is -0.830. The maximum Gasteiger partial charge on any atom is 0.330 e. The molecule has 3 heteroatoms. The molecule has 0 aliphatic heterocycles. The van der Waals surface area contributed by atoms with Gasteiger partial charge in [0.2, 0.25) is 0 Å². The van der Waals surface area contributed by atoms with Gasteiger partial charge in [-0.2, -0.15) is 0 Å². The highest BCUT2D eigenvalue weighted by atomic mass is 16.4. The second-order valence-electron chi connectivity index (χ2n) is 6.07. The van der Waals surface area contributed by atoms with Gasteiger partial charge in [-0.15, -0.1) is 0 Å². The van der Waals surface area contributed by atoms with Gasteiger partial charge in [0.05, 0.1) is 6.10 Å². The lowest BCUT2D eigenvalue weighted by Gasteiger charge is -2.34. The first-order valence-electron chi connectivity index (χ1n) is 6.99. The zero-order valence-electron chi connectivity index (χ0n) is 11.6. The summed E-state index contributed by atoms with van der Waals surface area (Å²) in [7, 11) is 0. The topological polar surface area (TPSA) is 57.5 Å². The first kappa shape index (κ1) is 15.2. The zero-order chi connectivity index (χ0) is 13.7. The Morgan fingerprint density at radius 1 is 1.33 bits per heavy atom. The van der Waals surface area contributed by atoms with Gasteiger partial charge in [0.15, 0.2) is 0 Å². The van der Waals surface area contributed by atoms with Crippen LogP contribution in [-0.4, -0.2) is 22.3 Å². The van der Waals surface area contributed by atoms with E-state index in [1.807, 2.05) is 0 Å². The molecule has 18 heavy (non-hydrogen) atoms. The molecule has 0 heterocycles. The lowest BCUT2D eigenvalue weighted by Crippen LogP contribution is -2.29. The van der Waals surface area contributed by atoms with Crippen LogP contribution in [0.2, 0.25) is 0 Å². The fourth-order valence-electron chi connectivity index (χ4n) is 2.88. The number of hydrogen-bond donors (Lipinski definition) is 2. The number of aliphatic carboxylic acids is 1. The van der Waals surface area contributed by atoms with E-state index in [2.05, 4.69) is 20.4 Å². The van der Waals surface area contributed by atoms with Gasteiger partial charge >= 0.3 is 5.97 Å². The van der Waals surface area contributed by atoms with E-state index in [9.17, 15) is 9.90 Å². The van der Waals surface area contributed by atoms with Crippen LogP contribution in [0.1, 0.15) is 52.4 Å². The monoisotopic (exact) mass is 254 g/mol. The van der Waals surface area contributed by atoms with E-state index in [0.717, 1.165) is 25.7 Å². The summed E-state index contributed by atoms with van der Waals surface area (Å²) >= 11 is 0. The van der Waals surface area contributed by atoms with Crippen molar-refractivity contribution in [1.82, 2.24) is 0 Å². The predicted octanol–water partition coefficient (Wildman–Crippen LogP) is 3.23. The summed E-state index contributed by atoms with van der Waals surface area (Å²) < 4.78 is 0. The molecule has 1 aliphatic carbocycles. The van der Waals surface area contributed by atoms with Gasteiger partial charge in [-0.25, -0.2) is 4.79 Å². The molecule has 0 spiro atoms. The number of carboxylic acids is 1. The number of aliphatic hydroxyl groups excluding tert-OH is 1. The van der Waals surface area contributed by atoms with Gasteiger partial charge < -0.3 is 10.2 Å². The molecule has 1 fully saturated rings. The van der Waals surface area contributed by atoms with Gasteiger partial charge in [0.25, 0.3) is 0 Å². The van der Waals surface area contributed by atoms with Crippen LogP contribution >= 0.6 is 0 Å². The summed E-state index contributed by atoms with van der Waals surface area (Å²) in [5.74, 6) is 0.612. The smallest absolute Gasteiger partial charge is 0.330 e. The van der Waals surface area contributed by atoms with Crippen LogP contribution in [0.4, 0.5) is 0 Å². The van der Waals surface area contributed by atoms with E-state index in [1.54, 1.807) is 0 Å². The minimum Gasteiger partial charge on any atom is -0.478 e. The van der Waals surface area contributed by atoms with E-state index < -0.39 is 5.97 Å². The third-order valence-corrected chi connectivity index (χ3v) is 4.04. The van der Waals surface area contributed by atoms with Crippen molar-refractivity contribution >= 4 is 5.97 Å². The van der Waals surface area contributed by atoms with Crippen molar-refractivity contribution in [3.8, 4) is 0 Å². The molecule has 0 aromatic heterocycles. The summed E-state index contributed by atoms with van der Waals surface area (Å²) in [4.78, 5) is 10.9. The zero-order valence-corrected chi connectivity index (χ0v) is 11.6. The molecule has 104 valence electrons. The molecule has 0 amide bonds. The number of hydrogen-bond acceptors (Lipinski definition) is 2. The quantitative estimate of drug-likeness (QED) is 0.715. The maximum absolute atomic E-state index is 10.9. The Bertz CT molecular complexity index is 296. The molecule has 1 saturated carbocycles. The normalized spacial score (nSPS) is 28.3. The largest absolute Gasteiger partial charge is 0.478 e. The van der Waals surface area contributed by atoms with Crippen LogP contribution < -0.4 is 0 Å². The molecule has 0 aromatic rings. The standard InChI is InChI=1S/C15H26O3/c1-10(2)4-5-12-6-7-14(16)9-13(12)8-11(3)15(17)18/h10,12-14,16H,3-9H2,1-2H3,(H,17,18). The highest BCUT2D eigenvalue weighted by Crippen LogP contribution is 2.37. The van der Waals surface area contributed by atoms with Crippen molar-refractivity contribution in [2.45, 2.75) is 58.5 Å². The minimum absolute atomic E-state index is 0.258. The van der Waals surface area contributed by atoms with Crippen molar-refractivity contribution in [3.05, 3.63) is 12.2 Å². The fraction of sp³-hybridized carbons (Fsp3) is 0.800. The Morgan fingerprint density at radius 3 is 2.56 bits per heavy atom. The maximum atomic E-state index is 10.9. The molecule has 1 rings (SSSR count). The highest BCUT2D eigenvalue weighted by molar-refractivity contribution is 5.85. The van der Waals surface area contributed by atoms with Crippen molar-refractivity contribution in [3.63, 3.8) is 0 Å². The number of rotatable bonds is 6. The second-order valence-corrected chi connectivity index (χ2v) is 6.07. The van der Waals surface area contributed by atoms with Crippen molar-refractivity contribution < 1.29 is 15.0 Å². The summed E-state index contributed by atoms with van der Waals surface area (Å²) in [5.41, 5.74) is 0.281. The van der Waals surface area contributed by atoms with Crippen LogP contribution in [0.3, 0.4) is 0 Å². The Morgan fingerprint density at radius 2 is 2.00 bits per heavy atom. The minimum atomic E-state index is -0.905. The molecule has 0 bridgehead atoms. The molecule has 0 aromatic carbocycles. The lowest BCUT2D eigenvalue weighted by molar-refractivity contribution is -0.133. The SMILES string of the molecule is C=C(CC1CC(O)CCC1CCC(C)C)C(=O)O. The fourth-order valence-corrected chi connectivity index (χ4v) is 2.88. The molecule has 0 radical (unpaired) electrons.